The summed E-state index contributed by atoms with van der Waals surface area (Å²) in [6.45, 7) is 0. The molecule has 106 valence electrons. The number of hydrogen-bond donors (Lipinski definition) is 1. The van der Waals surface area contributed by atoms with E-state index in [1.165, 1.54) is 32.1 Å². The first-order valence-corrected chi connectivity index (χ1v) is 8.28. The number of anilines is 1. The highest BCUT2D eigenvalue weighted by atomic mass is 32.2. The minimum absolute atomic E-state index is 0.654. The number of hydrogen-bond acceptors (Lipinski definition) is 5. The van der Waals surface area contributed by atoms with Gasteiger partial charge in [0.2, 0.25) is 0 Å². The molecule has 0 bridgehead atoms. The Morgan fingerprint density at radius 2 is 1.95 bits per heavy atom. The summed E-state index contributed by atoms with van der Waals surface area (Å²) in [7, 11) is 0. The smallest absolute Gasteiger partial charge is 0.296 e. The van der Waals surface area contributed by atoms with Crippen molar-refractivity contribution < 1.29 is 0 Å². The maximum absolute atomic E-state index is 4.44. The van der Waals surface area contributed by atoms with Crippen LogP contribution in [-0.4, -0.2) is 17.2 Å². The highest BCUT2D eigenvalue weighted by molar-refractivity contribution is 8.00. The number of nitrogens with zero attached hydrogens (tertiary/aromatic N) is 3. The number of thioether (sulfide) groups is 1. The summed E-state index contributed by atoms with van der Waals surface area (Å²) in [5, 5.41) is 11.0. The number of nitrogens with one attached hydrogen (secondary N) is 1. The lowest BCUT2D eigenvalue weighted by atomic mass is 9.91. The molecule has 1 atom stereocenters. The first-order chi connectivity index (χ1) is 9.86. The van der Waals surface area contributed by atoms with Gasteiger partial charge in [-0.05, 0) is 30.9 Å². The first-order valence-electron chi connectivity index (χ1n) is 7.29. The van der Waals surface area contributed by atoms with Crippen molar-refractivity contribution >= 4 is 23.8 Å². The quantitative estimate of drug-likeness (QED) is 0.810. The predicted molar refractivity (Wildman–Crippen MR) is 85.2 cm³/mol. The summed E-state index contributed by atoms with van der Waals surface area (Å²) < 4.78 is 0. The van der Waals surface area contributed by atoms with Gasteiger partial charge < -0.3 is 5.32 Å². The molecule has 0 spiro atoms. The lowest BCUT2D eigenvalue weighted by Crippen LogP contribution is -2.29. The Morgan fingerprint density at radius 1 is 1.15 bits per heavy atom. The number of rotatable bonds is 5. The van der Waals surface area contributed by atoms with Crippen molar-refractivity contribution in [3.63, 3.8) is 0 Å². The maximum Gasteiger partial charge on any atom is 0.296 e. The van der Waals surface area contributed by atoms with E-state index in [0.29, 0.717) is 0 Å². The monoisotopic (exact) mass is 288 g/mol. The summed E-state index contributed by atoms with van der Waals surface area (Å²) in [6.07, 6.45) is 8.37. The van der Waals surface area contributed by atoms with Gasteiger partial charge in [-0.3, -0.25) is 0 Å². The van der Waals surface area contributed by atoms with Crippen molar-refractivity contribution in [3.05, 3.63) is 30.3 Å². The highest BCUT2D eigenvalue weighted by Crippen LogP contribution is 2.37. The Kier molecular flexibility index (Phi) is 4.35. The second-order valence-electron chi connectivity index (χ2n) is 5.37. The summed E-state index contributed by atoms with van der Waals surface area (Å²) in [5.41, 5.74) is 1.03. The van der Waals surface area contributed by atoms with Crippen molar-refractivity contribution in [3.8, 4) is 0 Å². The second kappa shape index (κ2) is 6.39. The first kappa shape index (κ1) is 13.6. The summed E-state index contributed by atoms with van der Waals surface area (Å²) >= 11 is 1.76. The lowest BCUT2D eigenvalue weighted by molar-refractivity contribution is 0.390. The second-order valence-corrected chi connectivity index (χ2v) is 6.57. The number of para-hydroxylation sites is 1. The Bertz CT molecular complexity index is 468. The molecule has 1 fully saturated rings. The van der Waals surface area contributed by atoms with Crippen molar-refractivity contribution in [2.45, 2.75) is 37.2 Å². The molecule has 1 unspecified atom stereocenters. The van der Waals surface area contributed by atoms with Crippen LogP contribution in [0.4, 0.5) is 5.69 Å². The zero-order chi connectivity index (χ0) is 13.7. The maximum atomic E-state index is 4.44. The van der Waals surface area contributed by atoms with E-state index in [1.807, 2.05) is 30.3 Å². The third-order valence-corrected chi connectivity index (χ3v) is 5.13. The zero-order valence-corrected chi connectivity index (χ0v) is 12.4. The summed E-state index contributed by atoms with van der Waals surface area (Å²) in [4.78, 5) is 4.44. The molecule has 1 aromatic rings. The van der Waals surface area contributed by atoms with Crippen LogP contribution in [0.2, 0.25) is 0 Å². The van der Waals surface area contributed by atoms with E-state index in [-0.39, 0.29) is 0 Å². The van der Waals surface area contributed by atoms with Gasteiger partial charge in [-0.15, -0.1) is 10.2 Å². The van der Waals surface area contributed by atoms with Crippen molar-refractivity contribution in [1.29, 1.82) is 0 Å². The summed E-state index contributed by atoms with van der Waals surface area (Å²) in [6, 6.07) is 10.1. The van der Waals surface area contributed by atoms with Crippen LogP contribution in [0.5, 0.6) is 0 Å². The highest BCUT2D eigenvalue weighted by Gasteiger charge is 2.33. The van der Waals surface area contributed by atoms with Gasteiger partial charge in [0.05, 0.1) is 0 Å². The van der Waals surface area contributed by atoms with E-state index >= 15 is 0 Å². The molecule has 1 saturated carbocycles. The topological polar surface area (TPSA) is 49.1 Å². The molecule has 0 amide bonds. The molecule has 1 aromatic carbocycles. The minimum atomic E-state index is -0.654. The Morgan fingerprint density at radius 3 is 2.65 bits per heavy atom. The lowest BCUT2D eigenvalue weighted by Gasteiger charge is -2.27. The molecule has 20 heavy (non-hydrogen) atoms. The van der Waals surface area contributed by atoms with Crippen LogP contribution in [-0.2, 0) is 0 Å². The Hall–Kier alpha value is -1.36. The standard InChI is InChI=1S/C15H20N4S/c1-3-7-13(8-4-1)11-20-15(16-12-17-19-15)18-14-9-5-2-6-10-14/h2,5-6,9-10,12-13,18H,1,3-4,7-8,11H2. The average Bonchev–Trinajstić information content (AvgIpc) is 2.96. The van der Waals surface area contributed by atoms with Crippen LogP contribution in [0.15, 0.2) is 45.6 Å². The van der Waals surface area contributed by atoms with Crippen molar-refractivity contribution in [2.24, 2.45) is 21.1 Å². The molecule has 0 saturated heterocycles. The van der Waals surface area contributed by atoms with Crippen LogP contribution in [0.3, 0.4) is 0 Å². The Balaban J connectivity index is 1.62. The molecular formula is C15H20N4S. The largest absolute Gasteiger partial charge is 0.332 e. The van der Waals surface area contributed by atoms with Gasteiger partial charge in [0.1, 0.15) is 6.34 Å². The van der Waals surface area contributed by atoms with Gasteiger partial charge in [-0.25, -0.2) is 4.99 Å². The van der Waals surface area contributed by atoms with Gasteiger partial charge in [0.25, 0.3) is 5.12 Å². The van der Waals surface area contributed by atoms with Crippen LogP contribution < -0.4 is 5.32 Å². The SMILES string of the molecule is C1=NC(Nc2ccccc2)(SCC2CCCCC2)N=N1. The third kappa shape index (κ3) is 3.39. The fraction of sp³-hybridized carbons (Fsp3) is 0.533. The van der Waals surface area contributed by atoms with Gasteiger partial charge in [-0.1, -0.05) is 49.2 Å². The molecule has 1 N–H and O–H groups in total. The third-order valence-electron chi connectivity index (χ3n) is 3.80. The van der Waals surface area contributed by atoms with E-state index in [2.05, 4.69) is 20.5 Å². The molecule has 1 aliphatic carbocycles. The van der Waals surface area contributed by atoms with Gasteiger partial charge in [-0.2, -0.15) is 0 Å². The number of benzene rings is 1. The molecule has 1 heterocycles. The zero-order valence-electron chi connectivity index (χ0n) is 11.5. The molecule has 5 heteroatoms. The molecule has 3 rings (SSSR count). The van der Waals surface area contributed by atoms with E-state index in [9.17, 15) is 0 Å². The Labute approximate surface area is 124 Å². The minimum Gasteiger partial charge on any atom is -0.332 e. The van der Waals surface area contributed by atoms with Crippen molar-refractivity contribution in [2.75, 3.05) is 11.1 Å². The van der Waals surface area contributed by atoms with Gasteiger partial charge in [0, 0.05) is 11.4 Å². The normalized spacial score (nSPS) is 26.0. The molecule has 1 aliphatic heterocycles. The average molecular weight is 288 g/mol. The molecule has 0 aromatic heterocycles. The van der Waals surface area contributed by atoms with Crippen LogP contribution in [0, 0.1) is 5.92 Å². The van der Waals surface area contributed by atoms with Crippen LogP contribution >= 0.6 is 11.8 Å². The summed E-state index contributed by atoms with van der Waals surface area (Å²) in [5.74, 6) is 1.89. The number of aliphatic imine (C=N–C) groups is 1. The molecule has 4 nitrogen and oxygen atoms in total. The predicted octanol–water partition coefficient (Wildman–Crippen LogP) is 4.52. The fourth-order valence-electron chi connectivity index (χ4n) is 2.69. The van der Waals surface area contributed by atoms with E-state index in [4.69, 9.17) is 0 Å². The van der Waals surface area contributed by atoms with Crippen LogP contribution in [0.25, 0.3) is 0 Å². The van der Waals surface area contributed by atoms with E-state index < -0.39 is 5.12 Å². The van der Waals surface area contributed by atoms with Gasteiger partial charge >= 0.3 is 0 Å². The molecule has 2 aliphatic rings. The molecular weight excluding hydrogens is 268 g/mol. The van der Waals surface area contributed by atoms with Gasteiger partial charge in [0.15, 0.2) is 0 Å². The van der Waals surface area contributed by atoms with Crippen molar-refractivity contribution in [1.82, 2.24) is 0 Å². The molecule has 0 radical (unpaired) electrons. The fourth-order valence-corrected chi connectivity index (χ4v) is 3.91. The van der Waals surface area contributed by atoms with E-state index in [1.54, 1.807) is 18.1 Å². The number of azo groups is 1. The van der Waals surface area contributed by atoms with E-state index in [0.717, 1.165) is 17.4 Å². The van der Waals surface area contributed by atoms with Crippen LogP contribution in [0.1, 0.15) is 32.1 Å².